The number of amides is 2. The van der Waals surface area contributed by atoms with Crippen LogP contribution in [0.3, 0.4) is 0 Å². The predicted molar refractivity (Wildman–Crippen MR) is 105 cm³/mol. The van der Waals surface area contributed by atoms with Crippen molar-refractivity contribution < 1.29 is 17.6 Å². The van der Waals surface area contributed by atoms with Crippen LogP contribution in [0.5, 0.6) is 0 Å². The molecule has 3 aromatic rings. The third kappa shape index (κ3) is 3.22. The lowest BCUT2D eigenvalue weighted by Gasteiger charge is -2.36. The van der Waals surface area contributed by atoms with Gasteiger partial charge in [0.25, 0.3) is 10.0 Å². The number of hydrogen-bond donors (Lipinski definition) is 0. The zero-order chi connectivity index (χ0) is 20.6. The predicted octanol–water partition coefficient (Wildman–Crippen LogP) is 4.03. The molecule has 0 atom stereocenters. The van der Waals surface area contributed by atoms with Crippen molar-refractivity contribution in [2.75, 3.05) is 9.21 Å². The van der Waals surface area contributed by atoms with Crippen molar-refractivity contribution in [1.29, 1.82) is 5.26 Å². The van der Waals surface area contributed by atoms with Crippen LogP contribution in [0.15, 0.2) is 77.7 Å². The van der Waals surface area contributed by atoms with E-state index < -0.39 is 21.9 Å². The molecule has 0 radical (unpaired) electrons. The van der Waals surface area contributed by atoms with Crippen molar-refractivity contribution in [1.82, 2.24) is 0 Å². The fourth-order valence-electron chi connectivity index (χ4n) is 3.21. The van der Waals surface area contributed by atoms with E-state index in [-0.39, 0.29) is 22.8 Å². The van der Waals surface area contributed by atoms with Gasteiger partial charge in [0.15, 0.2) is 0 Å². The van der Waals surface area contributed by atoms with E-state index in [1.165, 1.54) is 23.1 Å². The Hall–Kier alpha value is -3.70. The molecule has 0 bridgehead atoms. The summed E-state index contributed by atoms with van der Waals surface area (Å²) in [4.78, 5) is 14.6. The Balaban J connectivity index is 1.85. The summed E-state index contributed by atoms with van der Waals surface area (Å²) in [5.74, 6) is -0.541. The number of anilines is 2. The van der Waals surface area contributed by atoms with Crippen molar-refractivity contribution in [3.8, 4) is 6.07 Å². The largest absolute Gasteiger partial charge is 0.343 e. The van der Waals surface area contributed by atoms with Gasteiger partial charge in [-0.1, -0.05) is 24.3 Å². The van der Waals surface area contributed by atoms with Crippen molar-refractivity contribution in [2.24, 2.45) is 0 Å². The van der Waals surface area contributed by atoms with Crippen LogP contribution in [-0.2, 0) is 16.6 Å². The summed E-state index contributed by atoms with van der Waals surface area (Å²) in [5.41, 5.74) is 1.40. The number of carbonyl (C=O) groups is 1. The molecule has 4 rings (SSSR count). The van der Waals surface area contributed by atoms with E-state index in [0.29, 0.717) is 15.4 Å². The van der Waals surface area contributed by atoms with Crippen LogP contribution in [0, 0.1) is 17.1 Å². The monoisotopic (exact) mass is 407 g/mol. The van der Waals surface area contributed by atoms with Gasteiger partial charge in [-0.25, -0.2) is 17.6 Å². The third-order valence-corrected chi connectivity index (χ3v) is 6.29. The molecule has 1 heterocycles. The summed E-state index contributed by atoms with van der Waals surface area (Å²) in [7, 11) is -4.17. The number of benzene rings is 3. The maximum Gasteiger partial charge on any atom is 0.343 e. The fraction of sp³-hybridized carbons (Fsp3) is 0.0476. The van der Waals surface area contributed by atoms with Crippen LogP contribution in [0.4, 0.5) is 20.6 Å². The maximum atomic E-state index is 13.3. The molecule has 0 saturated carbocycles. The Morgan fingerprint density at radius 2 is 1.69 bits per heavy atom. The van der Waals surface area contributed by atoms with Gasteiger partial charge in [0, 0.05) is 0 Å². The molecule has 29 heavy (non-hydrogen) atoms. The molecular weight excluding hydrogens is 393 g/mol. The van der Waals surface area contributed by atoms with Crippen LogP contribution in [-0.4, -0.2) is 14.4 Å². The van der Waals surface area contributed by atoms with Gasteiger partial charge in [0.1, 0.15) is 10.7 Å². The van der Waals surface area contributed by atoms with E-state index in [9.17, 15) is 17.6 Å². The number of para-hydroxylation sites is 1. The number of nitriles is 1. The Labute approximate surface area is 167 Å². The Bertz CT molecular complexity index is 1250. The lowest BCUT2D eigenvalue weighted by molar-refractivity contribution is 0.253. The van der Waals surface area contributed by atoms with Gasteiger partial charge in [0.05, 0.1) is 29.6 Å². The summed E-state index contributed by atoms with van der Waals surface area (Å²) in [5, 5.41) is 9.11. The molecule has 0 fully saturated rings. The standard InChI is InChI=1S/C21H14FN3O3S/c22-17-8-10-18(11-9-17)25-21(26)24(14-16-5-3-4-15(12-16)13-23)19-6-1-2-7-20(19)29(25,27)28/h1-12H,14H2. The molecule has 0 saturated heterocycles. The number of halogens is 1. The molecule has 0 N–H and O–H groups in total. The quantitative estimate of drug-likeness (QED) is 0.656. The Kier molecular flexibility index (Phi) is 4.53. The van der Waals surface area contributed by atoms with Crippen molar-refractivity contribution in [3.63, 3.8) is 0 Å². The highest BCUT2D eigenvalue weighted by molar-refractivity contribution is 7.94. The number of fused-ring (bicyclic) bond motifs is 1. The van der Waals surface area contributed by atoms with Crippen LogP contribution < -0.4 is 9.21 Å². The topological polar surface area (TPSA) is 81.5 Å². The zero-order valence-electron chi connectivity index (χ0n) is 15.0. The van der Waals surface area contributed by atoms with Crippen LogP contribution in [0.25, 0.3) is 0 Å². The summed E-state index contributed by atoms with van der Waals surface area (Å²) >= 11 is 0. The van der Waals surface area contributed by atoms with Crippen LogP contribution in [0.2, 0.25) is 0 Å². The second kappa shape index (κ2) is 7.04. The van der Waals surface area contributed by atoms with Crippen molar-refractivity contribution in [2.45, 2.75) is 11.4 Å². The zero-order valence-corrected chi connectivity index (χ0v) is 15.8. The average molecular weight is 407 g/mol. The summed E-state index contributed by atoms with van der Waals surface area (Å²) in [6.45, 7) is 0.0680. The second-order valence-corrected chi connectivity index (χ2v) is 8.15. The van der Waals surface area contributed by atoms with Gasteiger partial charge in [0.2, 0.25) is 0 Å². The summed E-state index contributed by atoms with van der Waals surface area (Å²) in [6.07, 6.45) is 0. The van der Waals surface area contributed by atoms with Gasteiger partial charge in [-0.2, -0.15) is 9.57 Å². The molecule has 144 valence electrons. The highest BCUT2D eigenvalue weighted by Gasteiger charge is 2.42. The third-order valence-electron chi connectivity index (χ3n) is 4.54. The van der Waals surface area contributed by atoms with Crippen LogP contribution in [0.1, 0.15) is 11.1 Å². The van der Waals surface area contributed by atoms with Gasteiger partial charge in [-0.3, -0.25) is 4.90 Å². The number of nitrogens with zero attached hydrogens (tertiary/aromatic N) is 3. The Morgan fingerprint density at radius 3 is 2.41 bits per heavy atom. The first-order chi connectivity index (χ1) is 13.9. The molecule has 1 aliphatic rings. The molecule has 6 nitrogen and oxygen atoms in total. The minimum absolute atomic E-state index is 0.0274. The lowest BCUT2D eigenvalue weighted by atomic mass is 10.1. The lowest BCUT2D eigenvalue weighted by Crippen LogP contribution is -2.50. The van der Waals surface area contributed by atoms with E-state index in [1.54, 1.807) is 42.5 Å². The number of hydrogen-bond acceptors (Lipinski definition) is 4. The number of rotatable bonds is 3. The minimum atomic E-state index is -4.17. The smallest absolute Gasteiger partial charge is 0.287 e. The van der Waals surface area contributed by atoms with E-state index >= 15 is 0 Å². The molecule has 8 heteroatoms. The van der Waals surface area contributed by atoms with Gasteiger partial charge < -0.3 is 0 Å². The van der Waals surface area contributed by atoms with Gasteiger partial charge >= 0.3 is 6.03 Å². The molecule has 0 aliphatic carbocycles. The normalized spacial score (nSPS) is 15.0. The molecule has 1 aliphatic heterocycles. The molecule has 0 aromatic heterocycles. The molecular formula is C21H14FN3O3S. The van der Waals surface area contributed by atoms with Crippen LogP contribution >= 0.6 is 0 Å². The molecule has 3 aromatic carbocycles. The van der Waals surface area contributed by atoms with E-state index in [2.05, 4.69) is 0 Å². The SMILES string of the molecule is N#Cc1cccc(CN2C(=O)N(c3ccc(F)cc3)S(=O)(=O)c3ccccc32)c1. The average Bonchev–Trinajstić information content (AvgIpc) is 2.73. The second-order valence-electron chi connectivity index (χ2n) is 6.39. The maximum absolute atomic E-state index is 13.3. The van der Waals surface area contributed by atoms with Gasteiger partial charge in [-0.15, -0.1) is 0 Å². The van der Waals surface area contributed by atoms with Crippen molar-refractivity contribution >= 4 is 27.4 Å². The number of sulfonamides is 1. The highest BCUT2D eigenvalue weighted by atomic mass is 32.2. The fourth-order valence-corrected chi connectivity index (χ4v) is 4.81. The number of carbonyl (C=O) groups excluding carboxylic acids is 1. The van der Waals surface area contributed by atoms with Gasteiger partial charge in [-0.05, 0) is 54.1 Å². The Morgan fingerprint density at radius 1 is 0.966 bits per heavy atom. The first-order valence-corrected chi connectivity index (χ1v) is 10.1. The van der Waals surface area contributed by atoms with E-state index in [1.807, 2.05) is 6.07 Å². The van der Waals surface area contributed by atoms with E-state index in [4.69, 9.17) is 5.26 Å². The minimum Gasteiger partial charge on any atom is -0.287 e. The first-order valence-electron chi connectivity index (χ1n) is 8.62. The highest BCUT2D eigenvalue weighted by Crippen LogP contribution is 2.37. The summed E-state index contributed by atoms with van der Waals surface area (Å²) < 4.78 is 40.3. The number of urea groups is 1. The first kappa shape index (κ1) is 18.7. The van der Waals surface area contributed by atoms with Crippen molar-refractivity contribution in [3.05, 3.63) is 89.7 Å². The molecule has 0 spiro atoms. The molecule has 0 unspecified atom stereocenters. The summed E-state index contributed by atoms with van der Waals surface area (Å²) in [6, 6.07) is 18.9. The van der Waals surface area contributed by atoms with E-state index in [0.717, 1.165) is 12.1 Å². The molecule has 2 amide bonds.